The number of allylic oxidation sites excluding steroid dienone is 1. The van der Waals surface area contributed by atoms with Crippen LogP contribution in [-0.4, -0.2) is 6.54 Å². The fourth-order valence-electron chi connectivity index (χ4n) is 4.31. The van der Waals surface area contributed by atoms with Crippen LogP contribution < -0.4 is 10.2 Å². The number of hydrogen-bond donors (Lipinski definition) is 1. The molecule has 0 fully saturated rings. The minimum Gasteiger partial charge on any atom is -0.359 e. The minimum atomic E-state index is 0.236. The number of fused-ring (bicyclic) bond motifs is 1. The third-order valence-electron chi connectivity index (χ3n) is 5.48. The summed E-state index contributed by atoms with van der Waals surface area (Å²) in [5.74, 6) is 0. The van der Waals surface area contributed by atoms with E-state index in [2.05, 4.69) is 88.7 Å². The Morgan fingerprint density at radius 3 is 2.36 bits per heavy atom. The molecule has 150 valence electrons. The van der Waals surface area contributed by atoms with Crippen LogP contribution in [0.3, 0.4) is 0 Å². The van der Waals surface area contributed by atoms with E-state index >= 15 is 0 Å². The second-order valence-corrected chi connectivity index (χ2v) is 9.66. The van der Waals surface area contributed by atoms with Gasteiger partial charge in [-0.15, -0.1) is 0 Å². The van der Waals surface area contributed by atoms with Gasteiger partial charge in [0, 0.05) is 29.3 Å². The molecular formula is C26H36N2. The summed E-state index contributed by atoms with van der Waals surface area (Å²) >= 11 is 0. The Kier molecular flexibility index (Phi) is 5.88. The average molecular weight is 377 g/mol. The van der Waals surface area contributed by atoms with Gasteiger partial charge in [0.2, 0.25) is 0 Å². The van der Waals surface area contributed by atoms with E-state index in [0.717, 1.165) is 18.7 Å². The standard InChI is InChI=1S/C26H36N2/c1-18-11-12-24-22(14-18)10-8-9-13-28(24)23-15-19(2)25(20(3)16-23)27-21(4)17-26(5,6)7/h11-12,14-16,27H,4,8-10,13,17H2,1-3,5-7H3. The Labute approximate surface area is 171 Å². The first-order valence-electron chi connectivity index (χ1n) is 10.6. The summed E-state index contributed by atoms with van der Waals surface area (Å²) in [6.45, 7) is 18.7. The quantitative estimate of drug-likeness (QED) is 0.596. The highest BCUT2D eigenvalue weighted by Crippen LogP contribution is 2.37. The lowest BCUT2D eigenvalue weighted by Gasteiger charge is -2.28. The van der Waals surface area contributed by atoms with E-state index in [1.165, 1.54) is 58.6 Å². The van der Waals surface area contributed by atoms with E-state index in [0.29, 0.717) is 0 Å². The van der Waals surface area contributed by atoms with Crippen LogP contribution in [0.2, 0.25) is 0 Å². The molecule has 0 saturated carbocycles. The van der Waals surface area contributed by atoms with Crippen molar-refractivity contribution < 1.29 is 0 Å². The fraction of sp³-hybridized carbons (Fsp3) is 0.462. The molecule has 0 aliphatic carbocycles. The summed E-state index contributed by atoms with van der Waals surface area (Å²) in [4.78, 5) is 2.51. The zero-order chi connectivity index (χ0) is 20.5. The summed E-state index contributed by atoms with van der Waals surface area (Å²) in [5.41, 5.74) is 10.6. The third-order valence-corrected chi connectivity index (χ3v) is 5.48. The van der Waals surface area contributed by atoms with E-state index in [-0.39, 0.29) is 5.41 Å². The van der Waals surface area contributed by atoms with Crippen LogP contribution in [-0.2, 0) is 6.42 Å². The lowest BCUT2D eigenvalue weighted by atomic mass is 9.90. The van der Waals surface area contributed by atoms with Crippen molar-refractivity contribution in [3.05, 3.63) is 64.9 Å². The summed E-state index contributed by atoms with van der Waals surface area (Å²) in [7, 11) is 0. The monoisotopic (exact) mass is 376 g/mol. The van der Waals surface area contributed by atoms with E-state index in [1.807, 2.05) is 0 Å². The molecule has 2 aromatic carbocycles. The highest BCUT2D eigenvalue weighted by atomic mass is 15.1. The molecule has 0 spiro atoms. The van der Waals surface area contributed by atoms with Crippen LogP contribution in [0.1, 0.15) is 62.3 Å². The molecule has 1 heterocycles. The first-order valence-corrected chi connectivity index (χ1v) is 10.6. The van der Waals surface area contributed by atoms with Gasteiger partial charge >= 0.3 is 0 Å². The van der Waals surface area contributed by atoms with Gasteiger partial charge in [-0.05, 0) is 86.8 Å². The molecule has 2 aromatic rings. The highest BCUT2D eigenvalue weighted by Gasteiger charge is 2.19. The highest BCUT2D eigenvalue weighted by molar-refractivity contribution is 5.73. The van der Waals surface area contributed by atoms with Gasteiger partial charge < -0.3 is 10.2 Å². The number of nitrogens with one attached hydrogen (secondary N) is 1. The van der Waals surface area contributed by atoms with Crippen LogP contribution in [0.25, 0.3) is 0 Å². The third kappa shape index (κ3) is 4.79. The van der Waals surface area contributed by atoms with Crippen molar-refractivity contribution in [2.75, 3.05) is 16.8 Å². The Balaban J connectivity index is 1.92. The van der Waals surface area contributed by atoms with Crippen LogP contribution in [0, 0.1) is 26.2 Å². The zero-order valence-corrected chi connectivity index (χ0v) is 18.6. The first kappa shape index (κ1) is 20.5. The van der Waals surface area contributed by atoms with Crippen molar-refractivity contribution in [3.8, 4) is 0 Å². The SMILES string of the molecule is C=C(CC(C)(C)C)Nc1c(C)cc(N2CCCCc3cc(C)ccc32)cc1C. The number of aryl methyl sites for hydroxylation is 4. The molecule has 0 unspecified atom stereocenters. The lowest BCUT2D eigenvalue weighted by molar-refractivity contribution is 0.411. The molecule has 2 heteroatoms. The predicted octanol–water partition coefficient (Wildman–Crippen LogP) is 7.45. The minimum absolute atomic E-state index is 0.236. The molecular weight excluding hydrogens is 340 g/mol. The van der Waals surface area contributed by atoms with E-state index in [4.69, 9.17) is 0 Å². The summed E-state index contributed by atoms with van der Waals surface area (Å²) < 4.78 is 0. The van der Waals surface area contributed by atoms with Gasteiger partial charge in [0.1, 0.15) is 0 Å². The number of hydrogen-bond acceptors (Lipinski definition) is 2. The number of rotatable bonds is 4. The molecule has 28 heavy (non-hydrogen) atoms. The Hall–Kier alpha value is -2.22. The van der Waals surface area contributed by atoms with Gasteiger partial charge in [-0.25, -0.2) is 0 Å². The summed E-state index contributed by atoms with van der Waals surface area (Å²) in [6, 6.07) is 11.6. The molecule has 0 saturated heterocycles. The first-order chi connectivity index (χ1) is 13.1. The largest absolute Gasteiger partial charge is 0.359 e. The van der Waals surface area contributed by atoms with Crippen molar-refractivity contribution in [1.29, 1.82) is 0 Å². The molecule has 0 bridgehead atoms. The Bertz CT molecular complexity index is 847. The van der Waals surface area contributed by atoms with Crippen molar-refractivity contribution in [2.45, 2.75) is 67.2 Å². The van der Waals surface area contributed by atoms with Crippen LogP contribution in [0.5, 0.6) is 0 Å². The molecule has 1 aliphatic rings. The van der Waals surface area contributed by atoms with E-state index in [9.17, 15) is 0 Å². The van der Waals surface area contributed by atoms with Crippen LogP contribution in [0.15, 0.2) is 42.6 Å². The van der Waals surface area contributed by atoms with Gasteiger partial charge in [-0.2, -0.15) is 0 Å². The summed E-state index contributed by atoms with van der Waals surface area (Å²) in [6.07, 6.45) is 4.63. The maximum Gasteiger partial charge on any atom is 0.0443 e. The maximum atomic E-state index is 4.26. The van der Waals surface area contributed by atoms with Crippen LogP contribution >= 0.6 is 0 Å². The molecule has 0 atom stereocenters. The molecule has 3 rings (SSSR count). The Morgan fingerprint density at radius 2 is 1.71 bits per heavy atom. The van der Waals surface area contributed by atoms with Gasteiger partial charge in [0.25, 0.3) is 0 Å². The van der Waals surface area contributed by atoms with Crippen molar-refractivity contribution in [3.63, 3.8) is 0 Å². The lowest BCUT2D eigenvalue weighted by Crippen LogP contribution is -2.18. The smallest absolute Gasteiger partial charge is 0.0443 e. The van der Waals surface area contributed by atoms with Gasteiger partial charge in [-0.1, -0.05) is 45.0 Å². The fourth-order valence-corrected chi connectivity index (χ4v) is 4.31. The van der Waals surface area contributed by atoms with Gasteiger partial charge in [0.05, 0.1) is 0 Å². The molecule has 0 radical (unpaired) electrons. The topological polar surface area (TPSA) is 15.3 Å². The average Bonchev–Trinajstić information content (AvgIpc) is 2.78. The van der Waals surface area contributed by atoms with Gasteiger partial charge in [0.15, 0.2) is 0 Å². The van der Waals surface area contributed by atoms with Crippen molar-refractivity contribution >= 4 is 17.1 Å². The maximum absolute atomic E-state index is 4.26. The zero-order valence-electron chi connectivity index (χ0n) is 18.6. The molecule has 0 amide bonds. The molecule has 1 N–H and O–H groups in total. The number of anilines is 3. The van der Waals surface area contributed by atoms with Gasteiger partial charge in [-0.3, -0.25) is 0 Å². The number of benzene rings is 2. The second-order valence-electron chi connectivity index (χ2n) is 9.66. The van der Waals surface area contributed by atoms with Crippen molar-refractivity contribution in [1.82, 2.24) is 0 Å². The van der Waals surface area contributed by atoms with E-state index < -0.39 is 0 Å². The van der Waals surface area contributed by atoms with Crippen LogP contribution in [0.4, 0.5) is 17.1 Å². The second kappa shape index (κ2) is 8.03. The Morgan fingerprint density at radius 1 is 1.04 bits per heavy atom. The molecule has 2 nitrogen and oxygen atoms in total. The normalized spacial score (nSPS) is 14.4. The summed E-state index contributed by atoms with van der Waals surface area (Å²) in [5, 5.41) is 3.59. The van der Waals surface area contributed by atoms with Crippen molar-refractivity contribution in [2.24, 2.45) is 5.41 Å². The molecule has 1 aliphatic heterocycles. The van der Waals surface area contributed by atoms with E-state index in [1.54, 1.807) is 0 Å². The number of nitrogens with zero attached hydrogens (tertiary/aromatic N) is 1. The molecule has 0 aromatic heterocycles. The predicted molar refractivity (Wildman–Crippen MR) is 124 cm³/mol.